The number of ether oxygens (including phenoxy) is 1. The third-order valence-corrected chi connectivity index (χ3v) is 5.03. The van der Waals surface area contributed by atoms with Crippen LogP contribution in [0.3, 0.4) is 0 Å². The number of hydrogen-bond donors (Lipinski definition) is 3. The molecule has 156 valence electrons. The lowest BCUT2D eigenvalue weighted by molar-refractivity contribution is -0.131. The van der Waals surface area contributed by atoms with Crippen LogP contribution in [0.5, 0.6) is 5.75 Å². The van der Waals surface area contributed by atoms with Crippen molar-refractivity contribution in [2.24, 2.45) is 5.92 Å². The summed E-state index contributed by atoms with van der Waals surface area (Å²) in [6, 6.07) is 13.4. The monoisotopic (exact) mass is 520 g/mol. The lowest BCUT2D eigenvalue weighted by atomic mass is 9.92. The van der Waals surface area contributed by atoms with Gasteiger partial charge in [-0.25, -0.2) is 9.59 Å². The number of nitrogens with zero attached hydrogens (tertiary/aromatic N) is 1. The van der Waals surface area contributed by atoms with Gasteiger partial charge in [0.1, 0.15) is 11.9 Å². The van der Waals surface area contributed by atoms with E-state index in [1.165, 1.54) is 0 Å². The molecule has 0 unspecified atom stereocenters. The van der Waals surface area contributed by atoms with Crippen LogP contribution in [0.25, 0.3) is 0 Å². The molecule has 2 rings (SSSR count). The third kappa shape index (κ3) is 7.08. The molecule has 0 aromatic heterocycles. The van der Waals surface area contributed by atoms with Crippen LogP contribution in [0.15, 0.2) is 54.6 Å². The molecule has 0 saturated carbocycles. The number of rotatable bonds is 8. The number of phenols is 1. The summed E-state index contributed by atoms with van der Waals surface area (Å²) < 4.78 is 6.53. The van der Waals surface area contributed by atoms with Crippen LogP contribution in [-0.4, -0.2) is 22.3 Å². The molecular weight excluding hydrogens is 499 g/mol. The van der Waals surface area contributed by atoms with Gasteiger partial charge in [-0.1, -0.05) is 13.0 Å². The number of hydrogen-bond acceptors (Lipinski definition) is 5. The number of nitriles is 1. The van der Waals surface area contributed by atoms with E-state index in [9.17, 15) is 14.7 Å². The maximum atomic E-state index is 12.5. The second-order valence-electron chi connectivity index (χ2n) is 6.64. The zero-order chi connectivity index (χ0) is 22.1. The smallest absolute Gasteiger partial charge is 0.412 e. The van der Waals surface area contributed by atoms with Gasteiger partial charge in [-0.05, 0) is 83.8 Å². The van der Waals surface area contributed by atoms with E-state index in [0.29, 0.717) is 29.7 Å². The largest absolute Gasteiger partial charge is 0.508 e. The number of amides is 1. The summed E-state index contributed by atoms with van der Waals surface area (Å²) in [4.78, 5) is 23.1. The maximum absolute atomic E-state index is 12.5. The standard InChI is InChI=1S/C22H21IN2O5/c1-14(4-2-3-5-20(27)28)21(18-12-16(23)8-11-19(18)26)30-22(29)25-17-9-6-15(13-24)7-10-17/h3,5-12,14,21,26H,2,4H2,1H3,(H,25,29)(H,27,28)/b5-3+/t14-,21+/m0/s1. The highest BCUT2D eigenvalue weighted by molar-refractivity contribution is 14.1. The molecule has 7 nitrogen and oxygen atoms in total. The Kier molecular flexibility index (Phi) is 8.68. The summed E-state index contributed by atoms with van der Waals surface area (Å²) in [6.45, 7) is 1.87. The van der Waals surface area contributed by atoms with Crippen LogP contribution in [0, 0.1) is 20.8 Å². The number of carboxylic acid groups (broad SMARTS) is 1. The Morgan fingerprint density at radius 1 is 1.27 bits per heavy atom. The van der Waals surface area contributed by atoms with Gasteiger partial charge in [0.05, 0.1) is 11.6 Å². The zero-order valence-corrected chi connectivity index (χ0v) is 18.4. The molecule has 1 amide bonds. The first-order chi connectivity index (χ1) is 14.3. The molecular formula is C22H21IN2O5. The van der Waals surface area contributed by atoms with Gasteiger partial charge in [0, 0.05) is 20.9 Å². The highest BCUT2D eigenvalue weighted by atomic mass is 127. The minimum Gasteiger partial charge on any atom is -0.508 e. The Labute approximate surface area is 188 Å². The molecule has 3 N–H and O–H groups in total. The highest BCUT2D eigenvalue weighted by Gasteiger charge is 2.26. The van der Waals surface area contributed by atoms with Crippen LogP contribution in [0.2, 0.25) is 0 Å². The number of aliphatic carboxylic acids is 1. The van der Waals surface area contributed by atoms with Gasteiger partial charge >= 0.3 is 12.1 Å². The first kappa shape index (κ1) is 23.2. The summed E-state index contributed by atoms with van der Waals surface area (Å²) in [5, 5.41) is 30.5. The lowest BCUT2D eigenvalue weighted by Crippen LogP contribution is -2.22. The van der Waals surface area contributed by atoms with E-state index in [1.54, 1.807) is 48.5 Å². The molecule has 0 fully saturated rings. The maximum Gasteiger partial charge on any atom is 0.412 e. The van der Waals surface area contributed by atoms with E-state index in [1.807, 2.05) is 13.0 Å². The number of carbonyl (C=O) groups excluding carboxylic acids is 1. The van der Waals surface area contributed by atoms with Crippen molar-refractivity contribution in [1.29, 1.82) is 5.26 Å². The van der Waals surface area contributed by atoms with Gasteiger partial charge in [-0.2, -0.15) is 5.26 Å². The van der Waals surface area contributed by atoms with Crippen molar-refractivity contribution in [3.8, 4) is 11.8 Å². The third-order valence-electron chi connectivity index (χ3n) is 4.36. The van der Waals surface area contributed by atoms with E-state index in [4.69, 9.17) is 15.1 Å². The summed E-state index contributed by atoms with van der Waals surface area (Å²) in [5.74, 6) is -1.20. The Morgan fingerprint density at radius 3 is 2.60 bits per heavy atom. The van der Waals surface area contributed by atoms with E-state index < -0.39 is 18.2 Å². The summed E-state index contributed by atoms with van der Waals surface area (Å²) in [7, 11) is 0. The molecule has 2 atom stereocenters. The van der Waals surface area contributed by atoms with Gasteiger partial charge < -0.3 is 14.9 Å². The number of aromatic hydroxyl groups is 1. The molecule has 0 spiro atoms. The Morgan fingerprint density at radius 2 is 1.97 bits per heavy atom. The fourth-order valence-electron chi connectivity index (χ4n) is 2.82. The minimum absolute atomic E-state index is 0.0134. The molecule has 2 aromatic rings. The van der Waals surface area contributed by atoms with Gasteiger partial charge in [0.2, 0.25) is 0 Å². The zero-order valence-electron chi connectivity index (χ0n) is 16.2. The van der Waals surface area contributed by atoms with Crippen LogP contribution < -0.4 is 5.32 Å². The number of carboxylic acids is 1. The van der Waals surface area contributed by atoms with Crippen molar-refractivity contribution in [2.45, 2.75) is 25.9 Å². The van der Waals surface area contributed by atoms with E-state index >= 15 is 0 Å². The Hall–Kier alpha value is -3.06. The molecule has 2 aromatic carbocycles. The summed E-state index contributed by atoms with van der Waals surface area (Å²) in [5.41, 5.74) is 1.42. The molecule has 0 radical (unpaired) electrons. The van der Waals surface area contributed by atoms with E-state index in [0.717, 1.165) is 9.65 Å². The highest BCUT2D eigenvalue weighted by Crippen LogP contribution is 2.36. The molecule has 8 heteroatoms. The number of carbonyl (C=O) groups is 2. The summed E-state index contributed by atoms with van der Waals surface area (Å²) >= 11 is 2.11. The predicted octanol–water partition coefficient (Wildman–Crippen LogP) is 5.22. The molecule has 0 aliphatic heterocycles. The van der Waals surface area contributed by atoms with Crippen molar-refractivity contribution < 1.29 is 24.5 Å². The fraction of sp³-hybridized carbons (Fsp3) is 0.227. The Bertz CT molecular complexity index is 966. The SMILES string of the molecule is C[C@@H](CC/C=C/C(=O)O)[C@@H](OC(=O)Nc1ccc(C#N)cc1)c1cc(I)ccc1O. The average Bonchev–Trinajstić information content (AvgIpc) is 2.71. The molecule has 0 saturated heterocycles. The van der Waals surface area contributed by atoms with Crippen LogP contribution in [-0.2, 0) is 9.53 Å². The van der Waals surface area contributed by atoms with Crippen molar-refractivity contribution in [3.63, 3.8) is 0 Å². The van der Waals surface area contributed by atoms with Crippen LogP contribution in [0.4, 0.5) is 10.5 Å². The number of phenolic OH excluding ortho intramolecular Hbond substituents is 1. The normalized spacial score (nSPS) is 12.7. The van der Waals surface area contributed by atoms with Crippen molar-refractivity contribution >= 4 is 40.3 Å². The Balaban J connectivity index is 2.17. The first-order valence-corrected chi connectivity index (χ1v) is 10.2. The second kappa shape index (κ2) is 11.2. The van der Waals surface area contributed by atoms with Crippen LogP contribution in [0.1, 0.15) is 37.0 Å². The quantitative estimate of drug-likeness (QED) is 0.325. The van der Waals surface area contributed by atoms with Gasteiger partial charge in [-0.3, -0.25) is 5.32 Å². The topological polar surface area (TPSA) is 120 Å². The number of nitrogens with one attached hydrogen (secondary N) is 1. The molecule has 0 heterocycles. The second-order valence-corrected chi connectivity index (χ2v) is 7.88. The molecule has 0 bridgehead atoms. The average molecular weight is 520 g/mol. The number of halogens is 1. The van der Waals surface area contributed by atoms with Crippen molar-refractivity contribution in [1.82, 2.24) is 0 Å². The van der Waals surface area contributed by atoms with Crippen LogP contribution >= 0.6 is 22.6 Å². The van der Waals surface area contributed by atoms with Crippen molar-refractivity contribution in [2.75, 3.05) is 5.32 Å². The fourth-order valence-corrected chi connectivity index (χ4v) is 3.34. The van der Waals surface area contributed by atoms with Crippen molar-refractivity contribution in [3.05, 3.63) is 69.3 Å². The number of allylic oxidation sites excluding steroid dienone is 1. The number of anilines is 1. The van der Waals surface area contributed by atoms with E-state index in [-0.39, 0.29) is 11.7 Å². The summed E-state index contributed by atoms with van der Waals surface area (Å²) in [6.07, 6.45) is 2.20. The number of benzene rings is 2. The molecule has 0 aliphatic carbocycles. The molecule has 0 aliphatic rings. The van der Waals surface area contributed by atoms with E-state index in [2.05, 4.69) is 27.9 Å². The van der Waals surface area contributed by atoms with Gasteiger partial charge in [0.25, 0.3) is 0 Å². The predicted molar refractivity (Wildman–Crippen MR) is 120 cm³/mol. The van der Waals surface area contributed by atoms with Gasteiger partial charge in [-0.15, -0.1) is 0 Å². The first-order valence-electron chi connectivity index (χ1n) is 9.16. The minimum atomic E-state index is -1.02. The lowest BCUT2D eigenvalue weighted by Gasteiger charge is -2.25. The van der Waals surface area contributed by atoms with Gasteiger partial charge in [0.15, 0.2) is 0 Å². The molecule has 30 heavy (non-hydrogen) atoms.